The van der Waals surface area contributed by atoms with Crippen LogP contribution in [0.15, 0.2) is 29.4 Å². The van der Waals surface area contributed by atoms with Gasteiger partial charge in [0.25, 0.3) is 0 Å². The first kappa shape index (κ1) is 19.8. The van der Waals surface area contributed by atoms with Gasteiger partial charge in [0.15, 0.2) is 5.16 Å². The van der Waals surface area contributed by atoms with E-state index in [1.807, 2.05) is 42.7 Å². The number of nitrogens with zero attached hydrogens (tertiary/aromatic N) is 5. The maximum absolute atomic E-state index is 12.1. The normalized spacial score (nSPS) is 10.9. The third kappa shape index (κ3) is 5.27. The zero-order valence-corrected chi connectivity index (χ0v) is 17.4. The number of halogens is 1. The van der Waals surface area contributed by atoms with Crippen LogP contribution in [0.4, 0.5) is 5.13 Å². The molecule has 1 N–H and O–H groups in total. The van der Waals surface area contributed by atoms with Gasteiger partial charge in [-0.15, -0.1) is 20.4 Å². The van der Waals surface area contributed by atoms with Gasteiger partial charge in [-0.2, -0.15) is 0 Å². The Morgan fingerprint density at radius 2 is 1.96 bits per heavy atom. The van der Waals surface area contributed by atoms with E-state index >= 15 is 0 Å². The van der Waals surface area contributed by atoms with Gasteiger partial charge in [0.05, 0.1) is 5.75 Å². The van der Waals surface area contributed by atoms with Gasteiger partial charge in [-0.25, -0.2) is 0 Å². The van der Waals surface area contributed by atoms with Crippen LogP contribution in [0.5, 0.6) is 0 Å². The third-order valence-electron chi connectivity index (χ3n) is 3.73. The lowest BCUT2D eigenvalue weighted by Gasteiger charge is -2.07. The van der Waals surface area contributed by atoms with Crippen molar-refractivity contribution in [1.82, 2.24) is 25.0 Å². The van der Waals surface area contributed by atoms with Crippen LogP contribution in [0.2, 0.25) is 5.02 Å². The van der Waals surface area contributed by atoms with Crippen molar-refractivity contribution in [2.75, 3.05) is 11.1 Å². The number of hydrogen-bond donors (Lipinski definition) is 1. The average molecular weight is 423 g/mol. The first-order valence-electron chi connectivity index (χ1n) is 8.50. The van der Waals surface area contributed by atoms with Crippen LogP contribution in [-0.2, 0) is 24.2 Å². The number of amides is 1. The summed E-state index contributed by atoms with van der Waals surface area (Å²) < 4.78 is 2.02. The molecule has 0 fully saturated rings. The molecule has 0 atom stereocenters. The Morgan fingerprint density at radius 1 is 1.19 bits per heavy atom. The summed E-state index contributed by atoms with van der Waals surface area (Å²) in [4.78, 5) is 12.1. The first-order valence-corrected chi connectivity index (χ1v) is 10.7. The lowest BCUT2D eigenvalue weighted by Crippen LogP contribution is -2.14. The predicted molar refractivity (Wildman–Crippen MR) is 109 cm³/mol. The lowest BCUT2D eigenvalue weighted by atomic mass is 10.1. The Kier molecular flexibility index (Phi) is 6.81. The first-order chi connectivity index (χ1) is 13.1. The van der Waals surface area contributed by atoms with E-state index in [4.69, 9.17) is 11.6 Å². The number of rotatable bonds is 8. The van der Waals surface area contributed by atoms with Gasteiger partial charge in [-0.3, -0.25) is 10.1 Å². The van der Waals surface area contributed by atoms with E-state index in [9.17, 15) is 4.79 Å². The highest BCUT2D eigenvalue weighted by atomic mass is 35.5. The Balaban J connectivity index is 1.60. The molecule has 142 valence electrons. The monoisotopic (exact) mass is 422 g/mol. The molecule has 0 saturated heterocycles. The van der Waals surface area contributed by atoms with Gasteiger partial charge >= 0.3 is 0 Å². The minimum Gasteiger partial charge on any atom is -0.306 e. The largest absolute Gasteiger partial charge is 0.306 e. The molecule has 27 heavy (non-hydrogen) atoms. The summed E-state index contributed by atoms with van der Waals surface area (Å²) in [7, 11) is 0. The van der Waals surface area contributed by atoms with Crippen LogP contribution in [0, 0.1) is 0 Å². The van der Waals surface area contributed by atoms with Gasteiger partial charge < -0.3 is 4.57 Å². The fourth-order valence-electron chi connectivity index (χ4n) is 2.39. The average Bonchev–Trinajstić information content (AvgIpc) is 3.28. The highest BCUT2D eigenvalue weighted by Crippen LogP contribution is 2.21. The van der Waals surface area contributed by atoms with Crippen LogP contribution in [-0.4, -0.2) is 36.6 Å². The van der Waals surface area contributed by atoms with Crippen molar-refractivity contribution >= 4 is 45.7 Å². The number of nitrogens with one attached hydrogen (secondary N) is 1. The molecule has 3 aromatic rings. The summed E-state index contributed by atoms with van der Waals surface area (Å²) in [5.41, 5.74) is 1.11. The van der Waals surface area contributed by atoms with E-state index in [2.05, 4.69) is 25.7 Å². The number of carbonyl (C=O) groups excluding carboxylic acids is 1. The molecule has 0 radical (unpaired) electrons. The fraction of sp³-hybridized carbons (Fsp3) is 0.353. The SMILES string of the molecule is CCc1nnc(NC(=O)CSc2nnc(Cc3ccc(Cl)cc3)n2CC)s1. The van der Waals surface area contributed by atoms with Gasteiger partial charge in [-0.1, -0.05) is 53.8 Å². The minimum atomic E-state index is -0.135. The van der Waals surface area contributed by atoms with E-state index in [0.717, 1.165) is 34.5 Å². The second kappa shape index (κ2) is 9.29. The molecule has 7 nitrogen and oxygen atoms in total. The van der Waals surface area contributed by atoms with Crippen molar-refractivity contribution in [3.63, 3.8) is 0 Å². The second-order valence-corrected chi connectivity index (χ2v) is 8.08. The van der Waals surface area contributed by atoms with Crippen LogP contribution in [0.1, 0.15) is 30.2 Å². The lowest BCUT2D eigenvalue weighted by molar-refractivity contribution is -0.113. The second-order valence-electron chi connectivity index (χ2n) is 5.64. The molecule has 0 saturated carbocycles. The Bertz CT molecular complexity index is 909. The number of anilines is 1. The Morgan fingerprint density at radius 3 is 2.63 bits per heavy atom. The van der Waals surface area contributed by atoms with E-state index < -0.39 is 0 Å². The summed E-state index contributed by atoms with van der Waals surface area (Å²) in [6.07, 6.45) is 1.47. The summed E-state index contributed by atoms with van der Waals surface area (Å²) >= 11 is 8.68. The Labute approximate surface area is 170 Å². The number of benzene rings is 1. The number of hydrogen-bond acceptors (Lipinski definition) is 7. The van der Waals surface area contributed by atoms with Crippen molar-refractivity contribution in [2.24, 2.45) is 0 Å². The fourth-order valence-corrected chi connectivity index (χ4v) is 4.03. The molecule has 0 spiro atoms. The molecule has 0 bridgehead atoms. The Hall–Kier alpha value is -1.97. The van der Waals surface area contributed by atoms with Gasteiger partial charge in [0.2, 0.25) is 11.0 Å². The summed E-state index contributed by atoms with van der Waals surface area (Å²) in [5, 5.41) is 22.1. The zero-order valence-electron chi connectivity index (χ0n) is 15.0. The van der Waals surface area contributed by atoms with Crippen LogP contribution in [0.25, 0.3) is 0 Å². The predicted octanol–water partition coefficient (Wildman–Crippen LogP) is 3.69. The zero-order chi connectivity index (χ0) is 19.2. The van der Waals surface area contributed by atoms with E-state index in [0.29, 0.717) is 16.6 Å². The van der Waals surface area contributed by atoms with Gasteiger partial charge in [-0.05, 0) is 31.0 Å². The van der Waals surface area contributed by atoms with Crippen molar-refractivity contribution in [3.8, 4) is 0 Å². The van der Waals surface area contributed by atoms with E-state index in [1.54, 1.807) is 0 Å². The number of carbonyl (C=O) groups is 1. The smallest absolute Gasteiger partial charge is 0.236 e. The van der Waals surface area contributed by atoms with Gasteiger partial charge in [0.1, 0.15) is 10.8 Å². The molecule has 3 rings (SSSR count). The maximum atomic E-state index is 12.1. The van der Waals surface area contributed by atoms with E-state index in [-0.39, 0.29) is 11.7 Å². The molecule has 0 unspecified atom stereocenters. The van der Waals surface area contributed by atoms with Crippen LogP contribution >= 0.6 is 34.7 Å². The molecule has 2 aromatic heterocycles. The number of aromatic nitrogens is 5. The highest BCUT2D eigenvalue weighted by Gasteiger charge is 2.14. The third-order valence-corrected chi connectivity index (χ3v) is 5.93. The molecular weight excluding hydrogens is 404 g/mol. The molecule has 0 aliphatic carbocycles. The van der Waals surface area contributed by atoms with Crippen LogP contribution < -0.4 is 5.32 Å². The maximum Gasteiger partial charge on any atom is 0.236 e. The standard InChI is InChI=1S/C17H19ClN6OS2/c1-3-15-21-22-16(27-15)19-14(25)10-26-17-23-20-13(24(17)4-2)9-11-5-7-12(18)8-6-11/h5-8H,3-4,9-10H2,1-2H3,(H,19,22,25). The van der Waals surface area contributed by atoms with Crippen molar-refractivity contribution in [1.29, 1.82) is 0 Å². The molecule has 1 amide bonds. The summed E-state index contributed by atoms with van der Waals surface area (Å²) in [5.74, 6) is 0.961. The topological polar surface area (TPSA) is 85.6 Å². The minimum absolute atomic E-state index is 0.135. The summed E-state index contributed by atoms with van der Waals surface area (Å²) in [6, 6.07) is 7.68. The molecular formula is C17H19ClN6OS2. The van der Waals surface area contributed by atoms with Crippen molar-refractivity contribution in [3.05, 3.63) is 45.7 Å². The molecule has 0 aliphatic heterocycles. The number of aryl methyl sites for hydroxylation is 1. The van der Waals surface area contributed by atoms with Crippen molar-refractivity contribution < 1.29 is 4.79 Å². The summed E-state index contributed by atoms with van der Waals surface area (Å²) in [6.45, 7) is 4.77. The highest BCUT2D eigenvalue weighted by molar-refractivity contribution is 7.99. The molecule has 10 heteroatoms. The molecule has 0 aliphatic rings. The molecule has 2 heterocycles. The molecule has 1 aromatic carbocycles. The van der Waals surface area contributed by atoms with E-state index in [1.165, 1.54) is 23.1 Å². The number of thioether (sulfide) groups is 1. The quantitative estimate of drug-likeness (QED) is 0.557. The van der Waals surface area contributed by atoms with Crippen molar-refractivity contribution in [2.45, 2.75) is 38.4 Å². The van der Waals surface area contributed by atoms with Gasteiger partial charge in [0, 0.05) is 18.0 Å². The van der Waals surface area contributed by atoms with Crippen LogP contribution in [0.3, 0.4) is 0 Å².